The second-order valence-corrected chi connectivity index (χ2v) is 16.8. The lowest BCUT2D eigenvalue weighted by Crippen LogP contribution is -2.12. The predicted octanol–water partition coefficient (Wildman–Crippen LogP) is 17.4. The van der Waals surface area contributed by atoms with Gasteiger partial charge in [0.25, 0.3) is 0 Å². The van der Waals surface area contributed by atoms with Gasteiger partial charge in [0.1, 0.15) is 0 Å². The van der Waals surface area contributed by atoms with Crippen molar-refractivity contribution in [3.63, 3.8) is 0 Å². The first-order chi connectivity index (χ1) is 32.3. The highest BCUT2D eigenvalue weighted by Gasteiger charge is 2.30. The zero-order chi connectivity index (χ0) is 42.8. The molecule has 13 rings (SSSR count). The van der Waals surface area contributed by atoms with Gasteiger partial charge in [-0.2, -0.15) is 0 Å². The number of hydrogen-bond donors (Lipinski definition) is 0. The maximum absolute atomic E-state index is 2.57. The van der Waals surface area contributed by atoms with E-state index in [0.717, 1.165) is 22.7 Å². The molecule has 2 heterocycles. The molecule has 0 bridgehead atoms. The SMILES string of the molecule is c1ccc(-c2ccccc2N(c2ccccc2)c2c3ccccc3cc3c2c2cccc4c5c(N(c6ccccc6)c6ccccc6-c6ccccc6)c6ccccc6cc5n3c24)cc1. The fraction of sp³-hybridized carbons (Fsp3) is 0. The third-order valence-corrected chi connectivity index (χ3v) is 13.2. The van der Waals surface area contributed by atoms with Gasteiger partial charge < -0.3 is 14.2 Å². The van der Waals surface area contributed by atoms with E-state index >= 15 is 0 Å². The van der Waals surface area contributed by atoms with E-state index in [9.17, 15) is 0 Å². The highest BCUT2D eigenvalue weighted by atomic mass is 15.2. The van der Waals surface area contributed by atoms with E-state index in [4.69, 9.17) is 0 Å². The smallest absolute Gasteiger partial charge is 0.0640 e. The Morgan fingerprint density at radius 2 is 0.646 bits per heavy atom. The first-order valence-corrected chi connectivity index (χ1v) is 22.4. The van der Waals surface area contributed by atoms with Gasteiger partial charge in [-0.1, -0.05) is 200 Å². The maximum Gasteiger partial charge on any atom is 0.0640 e. The third-order valence-electron chi connectivity index (χ3n) is 13.2. The molecule has 0 N–H and O–H groups in total. The molecule has 0 aliphatic carbocycles. The summed E-state index contributed by atoms with van der Waals surface area (Å²) in [6.07, 6.45) is 0. The van der Waals surface area contributed by atoms with Crippen LogP contribution >= 0.6 is 0 Å². The van der Waals surface area contributed by atoms with Gasteiger partial charge in [0, 0.05) is 54.8 Å². The van der Waals surface area contributed by atoms with Crippen LogP contribution in [0.3, 0.4) is 0 Å². The van der Waals surface area contributed by atoms with Crippen LogP contribution in [0.2, 0.25) is 0 Å². The van der Waals surface area contributed by atoms with Crippen molar-refractivity contribution in [2.75, 3.05) is 9.80 Å². The van der Waals surface area contributed by atoms with E-state index in [1.54, 1.807) is 0 Å². The molecular formula is C62H41N3. The van der Waals surface area contributed by atoms with Gasteiger partial charge >= 0.3 is 0 Å². The Balaban J connectivity index is 1.19. The van der Waals surface area contributed by atoms with Crippen molar-refractivity contribution < 1.29 is 0 Å². The molecule has 0 atom stereocenters. The monoisotopic (exact) mass is 827 g/mol. The molecular weight excluding hydrogens is 787 g/mol. The second-order valence-electron chi connectivity index (χ2n) is 16.8. The summed E-state index contributed by atoms with van der Waals surface area (Å²) >= 11 is 0. The summed E-state index contributed by atoms with van der Waals surface area (Å²) in [4.78, 5) is 5.02. The van der Waals surface area contributed by atoms with Gasteiger partial charge in [0.05, 0.1) is 39.3 Å². The average Bonchev–Trinajstić information content (AvgIpc) is 3.90. The average molecular weight is 828 g/mol. The minimum atomic E-state index is 1.10. The first-order valence-electron chi connectivity index (χ1n) is 22.4. The van der Waals surface area contributed by atoms with Gasteiger partial charge in [-0.3, -0.25) is 0 Å². The highest BCUT2D eigenvalue weighted by Crippen LogP contribution is 2.54. The van der Waals surface area contributed by atoms with Crippen molar-refractivity contribution in [1.82, 2.24) is 4.40 Å². The lowest BCUT2D eigenvalue weighted by atomic mass is 9.96. The van der Waals surface area contributed by atoms with Crippen LogP contribution in [0.25, 0.3) is 81.9 Å². The Bertz CT molecular complexity index is 3630. The first kappa shape index (κ1) is 36.9. The zero-order valence-corrected chi connectivity index (χ0v) is 35.5. The molecule has 0 saturated carbocycles. The molecule has 0 aliphatic heterocycles. The van der Waals surface area contributed by atoms with Crippen LogP contribution in [-0.2, 0) is 0 Å². The molecule has 304 valence electrons. The van der Waals surface area contributed by atoms with E-state index < -0.39 is 0 Å². The Labute approximate surface area is 377 Å². The Kier molecular flexibility index (Phi) is 8.53. The summed E-state index contributed by atoms with van der Waals surface area (Å²) in [5, 5.41) is 9.66. The van der Waals surface area contributed by atoms with E-state index in [1.807, 2.05) is 0 Å². The molecule has 0 spiro atoms. The van der Waals surface area contributed by atoms with Crippen molar-refractivity contribution in [2.45, 2.75) is 0 Å². The molecule has 3 nitrogen and oxygen atoms in total. The van der Waals surface area contributed by atoms with Crippen molar-refractivity contribution in [3.8, 4) is 22.3 Å². The number of nitrogens with zero attached hydrogens (tertiary/aromatic N) is 3. The van der Waals surface area contributed by atoms with E-state index in [0.29, 0.717) is 0 Å². The van der Waals surface area contributed by atoms with E-state index in [2.05, 4.69) is 263 Å². The summed E-state index contributed by atoms with van der Waals surface area (Å²) < 4.78 is 2.57. The second kappa shape index (κ2) is 15.0. The number of hydrogen-bond acceptors (Lipinski definition) is 2. The largest absolute Gasteiger partial charge is 0.309 e. The van der Waals surface area contributed by atoms with Gasteiger partial charge in [-0.05, 0) is 70.4 Å². The van der Waals surface area contributed by atoms with Crippen molar-refractivity contribution in [1.29, 1.82) is 0 Å². The molecule has 13 aromatic rings. The minimum Gasteiger partial charge on any atom is -0.309 e. The number of fused-ring (bicyclic) bond motifs is 8. The fourth-order valence-electron chi connectivity index (χ4n) is 10.5. The number of para-hydroxylation sites is 5. The van der Waals surface area contributed by atoms with Gasteiger partial charge in [0.2, 0.25) is 0 Å². The Morgan fingerprint density at radius 3 is 1.09 bits per heavy atom. The van der Waals surface area contributed by atoms with E-state index in [-0.39, 0.29) is 0 Å². The summed E-state index contributed by atoms with van der Waals surface area (Å²) in [5.41, 5.74) is 15.1. The molecule has 2 aromatic heterocycles. The van der Waals surface area contributed by atoms with Gasteiger partial charge in [-0.15, -0.1) is 0 Å². The number of benzene rings is 11. The number of rotatable bonds is 8. The van der Waals surface area contributed by atoms with E-state index in [1.165, 1.54) is 93.3 Å². The summed E-state index contributed by atoms with van der Waals surface area (Å²) in [6.45, 7) is 0. The van der Waals surface area contributed by atoms with Crippen LogP contribution in [0.4, 0.5) is 34.1 Å². The lowest BCUT2D eigenvalue weighted by molar-refractivity contribution is 1.30. The normalized spacial score (nSPS) is 11.7. The van der Waals surface area contributed by atoms with Crippen LogP contribution in [0.1, 0.15) is 0 Å². The fourth-order valence-corrected chi connectivity index (χ4v) is 10.5. The van der Waals surface area contributed by atoms with Crippen molar-refractivity contribution >= 4 is 93.8 Å². The summed E-state index contributed by atoms with van der Waals surface area (Å²) in [6, 6.07) is 90.7. The Hall–Kier alpha value is -8.66. The standard InChI is InChI=1S/C62H41N3/c1-5-22-42(23-6-1)48-32-17-19-38-54(48)63(46-28-9-3-10-29-46)61-50-34-15-13-26-44(50)40-56-58(61)52-36-21-37-53-59-57(65(56)60(52)53)41-45-27-14-16-35-51(45)62(59)64(47-30-11-4-12-31-47)55-39-20-18-33-49(55)43-24-7-2-8-25-43/h1-41H. The molecule has 0 aliphatic rings. The quantitative estimate of drug-likeness (QED) is 0.151. The number of anilines is 6. The van der Waals surface area contributed by atoms with Gasteiger partial charge in [0.15, 0.2) is 0 Å². The molecule has 0 fully saturated rings. The summed E-state index contributed by atoms with van der Waals surface area (Å²) in [7, 11) is 0. The van der Waals surface area contributed by atoms with Crippen LogP contribution in [-0.4, -0.2) is 4.40 Å². The van der Waals surface area contributed by atoms with Gasteiger partial charge in [-0.25, -0.2) is 0 Å². The molecule has 0 amide bonds. The number of aromatic nitrogens is 1. The van der Waals surface area contributed by atoms with Crippen LogP contribution in [0.15, 0.2) is 249 Å². The van der Waals surface area contributed by atoms with Crippen molar-refractivity contribution in [3.05, 3.63) is 249 Å². The van der Waals surface area contributed by atoms with Crippen molar-refractivity contribution in [2.24, 2.45) is 0 Å². The summed E-state index contributed by atoms with van der Waals surface area (Å²) in [5.74, 6) is 0. The maximum atomic E-state index is 2.57. The van der Waals surface area contributed by atoms with Crippen LogP contribution < -0.4 is 9.80 Å². The molecule has 0 radical (unpaired) electrons. The van der Waals surface area contributed by atoms with Crippen LogP contribution in [0.5, 0.6) is 0 Å². The lowest BCUT2D eigenvalue weighted by Gasteiger charge is -2.30. The molecule has 0 saturated heterocycles. The molecule has 65 heavy (non-hydrogen) atoms. The molecule has 11 aromatic carbocycles. The Morgan fingerprint density at radius 1 is 0.292 bits per heavy atom. The minimum absolute atomic E-state index is 1.10. The predicted molar refractivity (Wildman–Crippen MR) is 276 cm³/mol. The third kappa shape index (κ3) is 5.76. The molecule has 0 unspecified atom stereocenters. The molecule has 3 heteroatoms. The highest BCUT2D eigenvalue weighted by molar-refractivity contribution is 6.33. The topological polar surface area (TPSA) is 10.9 Å². The van der Waals surface area contributed by atoms with Crippen LogP contribution in [0, 0.1) is 0 Å². The zero-order valence-electron chi connectivity index (χ0n) is 35.5.